The van der Waals surface area contributed by atoms with E-state index in [4.69, 9.17) is 5.73 Å². The molecule has 0 amide bonds. The third-order valence-corrected chi connectivity index (χ3v) is 4.99. The first-order valence-corrected chi connectivity index (χ1v) is 8.34. The lowest BCUT2D eigenvalue weighted by molar-refractivity contribution is 0.274. The van der Waals surface area contributed by atoms with Gasteiger partial charge in [0.15, 0.2) is 5.13 Å². The summed E-state index contributed by atoms with van der Waals surface area (Å²) in [7, 11) is 0. The summed E-state index contributed by atoms with van der Waals surface area (Å²) in [6, 6.07) is 10.7. The Bertz CT molecular complexity index is 688. The highest BCUT2D eigenvalue weighted by Crippen LogP contribution is 2.25. The van der Waals surface area contributed by atoms with Crippen LogP contribution in [0.5, 0.6) is 0 Å². The fourth-order valence-corrected chi connectivity index (χ4v) is 3.79. The van der Waals surface area contributed by atoms with E-state index in [1.165, 1.54) is 15.1 Å². The van der Waals surface area contributed by atoms with E-state index in [9.17, 15) is 0 Å². The van der Waals surface area contributed by atoms with Gasteiger partial charge in [0.05, 0.1) is 10.2 Å². The van der Waals surface area contributed by atoms with E-state index in [1.54, 1.807) is 11.3 Å². The molecule has 3 rings (SSSR count). The zero-order valence-electron chi connectivity index (χ0n) is 11.4. The minimum Gasteiger partial charge on any atom is -0.375 e. The van der Waals surface area contributed by atoms with Crippen LogP contribution in [0, 0.1) is 0 Å². The Morgan fingerprint density at radius 2 is 2.15 bits per heavy atom. The molecule has 0 unspecified atom stereocenters. The number of fused-ring (bicyclic) bond motifs is 1. The number of nitrogens with two attached hydrogens (primary N) is 1. The van der Waals surface area contributed by atoms with Gasteiger partial charge < -0.3 is 5.73 Å². The minimum atomic E-state index is 0.642. The van der Waals surface area contributed by atoms with Crippen molar-refractivity contribution in [3.63, 3.8) is 0 Å². The molecule has 2 heterocycles. The normalized spacial score (nSPS) is 11.5. The van der Waals surface area contributed by atoms with Crippen molar-refractivity contribution in [1.29, 1.82) is 0 Å². The van der Waals surface area contributed by atoms with Crippen molar-refractivity contribution in [2.24, 2.45) is 0 Å². The van der Waals surface area contributed by atoms with Crippen LogP contribution in [0.3, 0.4) is 0 Å². The van der Waals surface area contributed by atoms with Gasteiger partial charge in [-0.1, -0.05) is 30.4 Å². The van der Waals surface area contributed by atoms with Crippen molar-refractivity contribution in [2.45, 2.75) is 20.0 Å². The van der Waals surface area contributed by atoms with Gasteiger partial charge in [0.1, 0.15) is 0 Å². The number of hydrogen-bond donors (Lipinski definition) is 1. The van der Waals surface area contributed by atoms with Crippen LogP contribution in [0.25, 0.3) is 10.2 Å². The van der Waals surface area contributed by atoms with Gasteiger partial charge in [-0.05, 0) is 35.7 Å². The lowest BCUT2D eigenvalue weighted by Gasteiger charge is -2.19. The van der Waals surface area contributed by atoms with E-state index >= 15 is 0 Å². The second-order valence-corrected chi connectivity index (χ2v) is 6.83. The summed E-state index contributed by atoms with van der Waals surface area (Å²) in [6.45, 7) is 5.22. The van der Waals surface area contributed by atoms with Crippen molar-refractivity contribution < 1.29 is 0 Å². The van der Waals surface area contributed by atoms with Crippen LogP contribution < -0.4 is 5.73 Å². The number of thiazole rings is 1. The summed E-state index contributed by atoms with van der Waals surface area (Å²) >= 11 is 3.37. The number of thiophene rings is 1. The first-order chi connectivity index (χ1) is 9.74. The lowest BCUT2D eigenvalue weighted by atomic mass is 10.2. The molecular formula is C15H17N3S2. The van der Waals surface area contributed by atoms with Gasteiger partial charge in [-0.25, -0.2) is 4.98 Å². The van der Waals surface area contributed by atoms with E-state index in [0.717, 1.165) is 25.2 Å². The van der Waals surface area contributed by atoms with Gasteiger partial charge in [0, 0.05) is 18.0 Å². The maximum absolute atomic E-state index is 5.76. The van der Waals surface area contributed by atoms with Crippen LogP contribution in [0.15, 0.2) is 35.7 Å². The predicted octanol–water partition coefficient (Wildman–Crippen LogP) is 3.96. The predicted molar refractivity (Wildman–Crippen MR) is 88.1 cm³/mol. The number of rotatable bonds is 5. The van der Waals surface area contributed by atoms with Crippen molar-refractivity contribution in [3.05, 3.63) is 46.2 Å². The van der Waals surface area contributed by atoms with Crippen LogP contribution in [0.1, 0.15) is 17.4 Å². The second-order valence-electron chi connectivity index (χ2n) is 4.74. The zero-order valence-corrected chi connectivity index (χ0v) is 13.0. The Morgan fingerprint density at radius 1 is 1.25 bits per heavy atom. The number of anilines is 1. The first-order valence-electron chi connectivity index (χ1n) is 6.64. The molecule has 0 fully saturated rings. The molecule has 1 aromatic carbocycles. The maximum atomic E-state index is 5.76. The highest BCUT2D eigenvalue weighted by Gasteiger charge is 2.08. The largest absolute Gasteiger partial charge is 0.375 e. The van der Waals surface area contributed by atoms with E-state index in [2.05, 4.69) is 52.5 Å². The molecule has 0 aliphatic carbocycles. The molecule has 0 saturated carbocycles. The summed E-state index contributed by atoms with van der Waals surface area (Å²) < 4.78 is 1.17. The summed E-state index contributed by atoms with van der Waals surface area (Å²) in [5.41, 5.74) is 8.07. The molecule has 2 N–H and O–H groups in total. The fourth-order valence-electron chi connectivity index (χ4n) is 2.25. The fraction of sp³-hybridized carbons (Fsp3) is 0.267. The molecule has 0 saturated heterocycles. The third kappa shape index (κ3) is 3.00. The Hall–Kier alpha value is -1.43. The lowest BCUT2D eigenvalue weighted by Crippen LogP contribution is -2.21. The monoisotopic (exact) mass is 303 g/mol. The summed E-state index contributed by atoms with van der Waals surface area (Å²) in [5.74, 6) is 0. The molecule has 0 radical (unpaired) electrons. The Kier molecular flexibility index (Phi) is 4.00. The molecule has 20 heavy (non-hydrogen) atoms. The molecule has 104 valence electrons. The molecule has 0 bridgehead atoms. The highest BCUT2D eigenvalue weighted by atomic mass is 32.1. The molecule has 0 aliphatic heterocycles. The van der Waals surface area contributed by atoms with Gasteiger partial charge in [0.25, 0.3) is 0 Å². The third-order valence-electron chi connectivity index (χ3n) is 3.28. The molecular weight excluding hydrogens is 286 g/mol. The van der Waals surface area contributed by atoms with Crippen LogP contribution in [-0.2, 0) is 13.1 Å². The minimum absolute atomic E-state index is 0.642. The topological polar surface area (TPSA) is 42.2 Å². The Morgan fingerprint density at radius 3 is 2.90 bits per heavy atom. The van der Waals surface area contributed by atoms with Crippen LogP contribution in [0.4, 0.5) is 5.13 Å². The number of aromatic nitrogens is 1. The number of nitrogens with zero attached hydrogens (tertiary/aromatic N) is 2. The van der Waals surface area contributed by atoms with Crippen molar-refractivity contribution in [3.8, 4) is 0 Å². The SMILES string of the molecule is CCN(Cc1ccc2nc(N)sc2c1)Cc1cccs1. The first kappa shape index (κ1) is 13.5. The Balaban J connectivity index is 1.76. The van der Waals surface area contributed by atoms with Gasteiger partial charge in [0.2, 0.25) is 0 Å². The molecule has 2 aromatic heterocycles. The smallest absolute Gasteiger partial charge is 0.181 e. The van der Waals surface area contributed by atoms with E-state index < -0.39 is 0 Å². The number of hydrogen-bond acceptors (Lipinski definition) is 5. The summed E-state index contributed by atoms with van der Waals surface area (Å²) in [4.78, 5) is 8.15. The van der Waals surface area contributed by atoms with Crippen molar-refractivity contribution in [1.82, 2.24) is 9.88 Å². The maximum Gasteiger partial charge on any atom is 0.181 e. The van der Waals surface area contributed by atoms with Crippen molar-refractivity contribution in [2.75, 3.05) is 12.3 Å². The van der Waals surface area contributed by atoms with E-state index in [1.807, 2.05) is 11.3 Å². The van der Waals surface area contributed by atoms with Gasteiger partial charge in [-0.2, -0.15) is 0 Å². The quantitative estimate of drug-likeness (QED) is 0.775. The average Bonchev–Trinajstić information content (AvgIpc) is 3.05. The van der Waals surface area contributed by atoms with Gasteiger partial charge in [-0.15, -0.1) is 11.3 Å². The average molecular weight is 303 g/mol. The second kappa shape index (κ2) is 5.91. The van der Waals surface area contributed by atoms with E-state index in [0.29, 0.717) is 5.13 Å². The van der Waals surface area contributed by atoms with Gasteiger partial charge in [-0.3, -0.25) is 4.90 Å². The van der Waals surface area contributed by atoms with Crippen LogP contribution in [0.2, 0.25) is 0 Å². The van der Waals surface area contributed by atoms with Gasteiger partial charge >= 0.3 is 0 Å². The molecule has 0 aliphatic rings. The summed E-state index contributed by atoms with van der Waals surface area (Å²) in [6.07, 6.45) is 0. The highest BCUT2D eigenvalue weighted by molar-refractivity contribution is 7.22. The molecule has 3 nitrogen and oxygen atoms in total. The standard InChI is InChI=1S/C15H17N3S2/c1-2-18(10-12-4-3-7-19-12)9-11-5-6-13-14(8-11)20-15(16)17-13/h3-8H,2,9-10H2,1H3,(H2,16,17). The molecule has 3 aromatic rings. The molecule has 0 atom stereocenters. The number of benzene rings is 1. The van der Waals surface area contributed by atoms with E-state index in [-0.39, 0.29) is 0 Å². The molecule has 0 spiro atoms. The molecule has 5 heteroatoms. The van der Waals surface area contributed by atoms with Crippen LogP contribution in [-0.4, -0.2) is 16.4 Å². The number of nitrogen functional groups attached to an aromatic ring is 1. The zero-order chi connectivity index (χ0) is 13.9. The Labute approximate surface area is 126 Å². The van der Waals surface area contributed by atoms with Crippen LogP contribution >= 0.6 is 22.7 Å². The van der Waals surface area contributed by atoms with Crippen molar-refractivity contribution >= 4 is 38.0 Å². The summed E-state index contributed by atoms with van der Waals surface area (Å²) in [5, 5.41) is 2.78.